The summed E-state index contributed by atoms with van der Waals surface area (Å²) in [5.41, 5.74) is 15.7. The van der Waals surface area contributed by atoms with Crippen molar-refractivity contribution in [2.75, 3.05) is 11.5 Å². The zero-order chi connectivity index (χ0) is 28.2. The van der Waals surface area contributed by atoms with Gasteiger partial charge in [0.15, 0.2) is 9.84 Å². The van der Waals surface area contributed by atoms with E-state index < -0.39 is 20.3 Å². The molecule has 0 amide bonds. The predicted molar refractivity (Wildman–Crippen MR) is 172 cm³/mol. The summed E-state index contributed by atoms with van der Waals surface area (Å²) >= 11 is 19.2. The van der Waals surface area contributed by atoms with Gasteiger partial charge in [-0.25, -0.2) is 8.42 Å². The molecule has 0 fully saturated rings. The fourth-order valence-electron chi connectivity index (χ4n) is 4.05. The molecule has 2 atom stereocenters. The summed E-state index contributed by atoms with van der Waals surface area (Å²) in [5.74, 6) is 0. The highest BCUT2D eigenvalue weighted by molar-refractivity contribution is 9.10. The first-order valence-electron chi connectivity index (χ1n) is 11.7. The highest BCUT2D eigenvalue weighted by atomic mass is 79.9. The number of hydrogen-bond acceptors (Lipinski definition) is 4. The molecule has 4 nitrogen and oxygen atoms in total. The molecular weight excluding hydrogens is 683 g/mol. The maximum Gasteiger partial charge on any atom is 0.171 e. The first kappa shape index (κ1) is 29.4. The van der Waals surface area contributed by atoms with Crippen molar-refractivity contribution in [1.29, 1.82) is 0 Å². The molecule has 39 heavy (non-hydrogen) atoms. The van der Waals surface area contributed by atoms with E-state index in [1.165, 1.54) is 0 Å². The summed E-state index contributed by atoms with van der Waals surface area (Å²) < 4.78 is 30.7. The number of hydrogen-bond donors (Lipinski definition) is 2. The largest absolute Gasteiger partial charge is 0.398 e. The first-order valence-corrected chi connectivity index (χ1v) is 15.7. The SMILES string of the molecule is Nc1ccc(Cl)cc1/C=C/C(c1ccc(Br)cc1)S(=O)(=O)C(/C=C/c1cc(Cl)ccc1N)c1ccc(Br)cc1. The van der Waals surface area contributed by atoms with Crippen molar-refractivity contribution in [2.24, 2.45) is 0 Å². The average Bonchev–Trinajstić information content (AvgIpc) is 2.90. The molecule has 4 rings (SSSR count). The molecule has 4 aromatic rings. The number of nitrogen functional groups attached to an aromatic ring is 2. The van der Waals surface area contributed by atoms with E-state index in [0.717, 1.165) is 8.95 Å². The monoisotopic (exact) mass is 704 g/mol. The first-order chi connectivity index (χ1) is 18.5. The molecule has 0 radical (unpaired) electrons. The zero-order valence-electron chi connectivity index (χ0n) is 20.4. The van der Waals surface area contributed by atoms with E-state index in [2.05, 4.69) is 31.9 Å². The minimum absolute atomic E-state index is 0.489. The molecular formula is C30H24Br2Cl2N2O2S. The Balaban J connectivity index is 1.87. The van der Waals surface area contributed by atoms with Crippen molar-refractivity contribution in [3.05, 3.63) is 138 Å². The van der Waals surface area contributed by atoms with E-state index in [1.54, 1.807) is 85.0 Å². The Morgan fingerprint density at radius 3 is 1.33 bits per heavy atom. The van der Waals surface area contributed by atoms with Gasteiger partial charge in [-0.05, 0) is 82.9 Å². The Hall–Kier alpha value is -2.55. The van der Waals surface area contributed by atoms with Crippen LogP contribution in [0.2, 0.25) is 10.0 Å². The number of nitrogens with two attached hydrogens (primary N) is 2. The van der Waals surface area contributed by atoms with E-state index in [-0.39, 0.29) is 0 Å². The van der Waals surface area contributed by atoms with Crippen LogP contribution in [0.5, 0.6) is 0 Å². The van der Waals surface area contributed by atoms with Gasteiger partial charge in [-0.3, -0.25) is 0 Å². The van der Waals surface area contributed by atoms with Crippen molar-refractivity contribution in [2.45, 2.75) is 10.5 Å². The fraction of sp³-hybridized carbons (Fsp3) is 0.0667. The van der Waals surface area contributed by atoms with Crippen LogP contribution in [-0.4, -0.2) is 8.42 Å². The van der Waals surface area contributed by atoms with Gasteiger partial charge >= 0.3 is 0 Å². The van der Waals surface area contributed by atoms with Gasteiger partial charge in [0.1, 0.15) is 10.5 Å². The van der Waals surface area contributed by atoms with Crippen LogP contribution in [-0.2, 0) is 9.84 Å². The smallest absolute Gasteiger partial charge is 0.171 e. The summed E-state index contributed by atoms with van der Waals surface area (Å²) in [5, 5.41) is -0.999. The van der Waals surface area contributed by atoms with Crippen molar-refractivity contribution in [3.8, 4) is 0 Å². The normalized spacial score (nSPS) is 13.6. The number of halogens is 4. The minimum atomic E-state index is -3.93. The van der Waals surface area contributed by atoms with E-state index in [1.807, 2.05) is 24.3 Å². The number of benzene rings is 4. The van der Waals surface area contributed by atoms with Crippen LogP contribution < -0.4 is 11.5 Å². The molecule has 0 bridgehead atoms. The van der Waals surface area contributed by atoms with E-state index >= 15 is 0 Å². The standard InChI is InChI=1S/C30H24Br2Cl2N2O2S/c31-23-7-1-19(2-8-23)29(15-5-21-17-25(33)11-13-27(21)35)39(37,38)30(20-3-9-24(32)10-4-20)16-6-22-18-26(34)12-14-28(22)36/h1-18,29-30H,35-36H2/b15-5+,16-6+. The van der Waals surface area contributed by atoms with Gasteiger partial charge < -0.3 is 11.5 Å². The van der Waals surface area contributed by atoms with Gasteiger partial charge in [0, 0.05) is 30.4 Å². The quantitative estimate of drug-likeness (QED) is 0.179. The summed E-state index contributed by atoms with van der Waals surface area (Å²) in [4.78, 5) is 0. The topological polar surface area (TPSA) is 86.2 Å². The second-order valence-corrected chi connectivity index (χ2v) is 13.7. The van der Waals surface area contributed by atoms with E-state index in [9.17, 15) is 8.42 Å². The lowest BCUT2D eigenvalue weighted by Gasteiger charge is -2.22. The van der Waals surface area contributed by atoms with Crippen LogP contribution in [0.15, 0.2) is 106 Å². The molecule has 0 aliphatic carbocycles. The van der Waals surface area contributed by atoms with Crippen LogP contribution >= 0.6 is 55.1 Å². The second-order valence-electron chi connectivity index (χ2n) is 8.80. The Morgan fingerprint density at radius 2 is 0.974 bits per heavy atom. The summed E-state index contributed by atoms with van der Waals surface area (Å²) in [7, 11) is -3.93. The Kier molecular flexibility index (Phi) is 9.62. The highest BCUT2D eigenvalue weighted by Crippen LogP contribution is 2.38. The molecule has 0 aromatic heterocycles. The Labute approximate surface area is 255 Å². The molecule has 0 aliphatic rings. The molecule has 0 heterocycles. The van der Waals surface area contributed by atoms with Gasteiger partial charge in [-0.1, -0.05) is 104 Å². The number of anilines is 2. The third kappa shape index (κ3) is 7.35. The maximum absolute atomic E-state index is 14.5. The van der Waals surface area contributed by atoms with Gasteiger partial charge in [-0.15, -0.1) is 0 Å². The van der Waals surface area contributed by atoms with Crippen LogP contribution in [0.1, 0.15) is 32.8 Å². The van der Waals surface area contributed by atoms with Gasteiger partial charge in [0.2, 0.25) is 0 Å². The van der Waals surface area contributed by atoms with Gasteiger partial charge in [-0.2, -0.15) is 0 Å². The fourth-order valence-corrected chi connectivity index (χ4v) is 6.92. The summed E-state index contributed by atoms with van der Waals surface area (Å²) in [6, 6.07) is 24.6. The van der Waals surface area contributed by atoms with Crippen LogP contribution in [0.4, 0.5) is 11.4 Å². The van der Waals surface area contributed by atoms with Crippen molar-refractivity contribution in [1.82, 2.24) is 0 Å². The summed E-state index contributed by atoms with van der Waals surface area (Å²) in [6.07, 6.45) is 6.69. The zero-order valence-corrected chi connectivity index (χ0v) is 25.9. The molecule has 0 saturated carbocycles. The average molecular weight is 707 g/mol. The second kappa shape index (κ2) is 12.7. The lowest BCUT2D eigenvalue weighted by atomic mass is 10.1. The van der Waals surface area contributed by atoms with Gasteiger partial charge in [0.05, 0.1) is 0 Å². The van der Waals surface area contributed by atoms with Crippen molar-refractivity contribution in [3.63, 3.8) is 0 Å². The molecule has 9 heteroatoms. The highest BCUT2D eigenvalue weighted by Gasteiger charge is 2.33. The van der Waals surface area contributed by atoms with E-state index in [4.69, 9.17) is 34.7 Å². The third-order valence-electron chi connectivity index (χ3n) is 6.10. The molecule has 4 aromatic carbocycles. The number of rotatable bonds is 8. The van der Waals surface area contributed by atoms with E-state index in [0.29, 0.717) is 43.7 Å². The van der Waals surface area contributed by atoms with Crippen LogP contribution in [0.3, 0.4) is 0 Å². The maximum atomic E-state index is 14.5. The molecule has 0 spiro atoms. The number of sulfone groups is 1. The predicted octanol–water partition coefficient (Wildman–Crippen LogP) is 9.31. The lowest BCUT2D eigenvalue weighted by molar-refractivity contribution is 0.584. The Morgan fingerprint density at radius 1 is 0.615 bits per heavy atom. The minimum Gasteiger partial charge on any atom is -0.398 e. The molecule has 2 unspecified atom stereocenters. The van der Waals surface area contributed by atoms with Gasteiger partial charge in [0.25, 0.3) is 0 Å². The van der Waals surface area contributed by atoms with Crippen molar-refractivity contribution >= 4 is 88.4 Å². The van der Waals surface area contributed by atoms with Crippen LogP contribution in [0.25, 0.3) is 12.2 Å². The van der Waals surface area contributed by atoms with Crippen molar-refractivity contribution < 1.29 is 8.42 Å². The lowest BCUT2D eigenvalue weighted by Crippen LogP contribution is -2.19. The molecule has 0 aliphatic heterocycles. The molecule has 200 valence electrons. The molecule has 0 saturated heterocycles. The third-order valence-corrected chi connectivity index (χ3v) is 9.91. The Bertz CT molecular complexity index is 1520. The van der Waals surface area contributed by atoms with Crippen LogP contribution in [0, 0.1) is 0 Å². The molecule has 4 N–H and O–H groups in total. The summed E-state index contributed by atoms with van der Waals surface area (Å²) in [6.45, 7) is 0.